The molecule has 22 heteroatoms. The molecule has 0 heterocycles. The first-order valence-corrected chi connectivity index (χ1v) is 10.0. The minimum absolute atomic E-state index is 0. The summed E-state index contributed by atoms with van der Waals surface area (Å²) in [5.41, 5.74) is -10.3. The molecule has 15 N–H and O–H groups in total. The molecular weight excluding hydrogens is 719 g/mol. The Balaban J connectivity index is -0.0000000499. The zero-order valence-electron chi connectivity index (χ0n) is 18.3. The van der Waals surface area contributed by atoms with Crippen LogP contribution in [0.4, 0.5) is 26.3 Å². The van der Waals surface area contributed by atoms with Gasteiger partial charge in [-0.2, -0.15) is 31.6 Å². The first kappa shape index (κ1) is 54.4. The van der Waals surface area contributed by atoms with Crippen LogP contribution in [-0.4, -0.2) is 49.2 Å². The van der Waals surface area contributed by atoms with Crippen molar-refractivity contribution in [3.05, 3.63) is 24.3 Å². The third-order valence-corrected chi connectivity index (χ3v) is 3.66. The van der Waals surface area contributed by atoms with Crippen molar-refractivity contribution < 1.29 is 72.1 Å². The molecule has 0 atom stereocenters. The summed E-state index contributed by atoms with van der Waals surface area (Å²) in [5.74, 6) is 0.426. The normalized spacial score (nSPS) is 13.8. The maximum atomic E-state index is 10.7. The fraction of sp³-hybridized carbons (Fsp3) is 0.538. The second-order valence-electron chi connectivity index (χ2n) is 4.78. The summed E-state index contributed by atoms with van der Waals surface area (Å²) in [7, 11) is -12.2. The summed E-state index contributed by atoms with van der Waals surface area (Å²) >= 11 is 0. The smallest absolute Gasteiger partial charge is 0.741 e. The van der Waals surface area contributed by atoms with E-state index in [2.05, 4.69) is 23.2 Å². The van der Waals surface area contributed by atoms with Crippen LogP contribution in [0.15, 0.2) is 29.3 Å². The van der Waals surface area contributed by atoms with E-state index in [1.165, 1.54) is 0 Å². The minimum Gasteiger partial charge on any atom is -0.741 e. The Hall–Kier alpha value is -1.52. The molecule has 1 aliphatic carbocycles. The Morgan fingerprint density at radius 3 is 1.37 bits per heavy atom. The van der Waals surface area contributed by atoms with Crippen LogP contribution in [0.1, 0.15) is 19.8 Å². The molecule has 0 aliphatic heterocycles. The third kappa shape index (κ3) is 26.9. The summed E-state index contributed by atoms with van der Waals surface area (Å²) in [5, 5.41) is 8.41. The number of alkyl halides is 6. The molecule has 0 saturated carbocycles. The number of allylic oxidation sites excluding steroid dienone is 4. The van der Waals surface area contributed by atoms with E-state index in [9.17, 15) is 26.3 Å². The molecule has 35 heavy (non-hydrogen) atoms. The predicted octanol–water partition coefficient (Wildman–Crippen LogP) is 3.40. The zero-order valence-corrected chi connectivity index (χ0v) is 22.5. The van der Waals surface area contributed by atoms with Crippen LogP contribution in [0.2, 0.25) is 0 Å². The van der Waals surface area contributed by atoms with Gasteiger partial charge in [-0.05, 0) is 31.4 Å². The van der Waals surface area contributed by atoms with Gasteiger partial charge in [-0.25, -0.2) is 16.8 Å². The molecule has 0 aromatic heterocycles. The van der Waals surface area contributed by atoms with E-state index < -0.39 is 31.3 Å². The number of nitrogens with zero attached hydrogens (tertiary/aromatic N) is 2. The summed E-state index contributed by atoms with van der Waals surface area (Å²) in [6, 6.07) is 2.15. The van der Waals surface area contributed by atoms with E-state index in [1.807, 2.05) is 19.1 Å². The topological polar surface area (TPSA) is 326 Å². The van der Waals surface area contributed by atoms with Gasteiger partial charge < -0.3 is 39.9 Å². The van der Waals surface area contributed by atoms with Gasteiger partial charge in [0.25, 0.3) is 0 Å². The largest absolute Gasteiger partial charge is 2.00 e. The van der Waals surface area contributed by atoms with Gasteiger partial charge in [0.2, 0.25) is 0 Å². The molecule has 13 nitrogen and oxygen atoms in total. The number of hydrogen-bond donors (Lipinski definition) is 5. The average molecular weight is 748 g/mol. The molecule has 0 amide bonds. The molecule has 214 valence electrons. The van der Waals surface area contributed by atoms with Crippen LogP contribution in [-0.2, 0) is 40.0 Å². The standard InChI is InChI=1S/C11H14N2.2CHF3O3S.5H3N.Os/c1-2-13-11-7-5-10(6-8-11)4-3-9-12;2*2-1(3,4)8(5,6)7;;;;;;/h5-8,10H,2-4H2,1H3;2*(H,5,6,7);5*1H3;/q;;;;;;;;+2/p-2. The first-order valence-electron chi connectivity index (χ1n) is 7.19. The van der Waals surface area contributed by atoms with Crippen molar-refractivity contribution in [3.63, 3.8) is 0 Å². The zero-order chi connectivity index (χ0) is 23.5. The van der Waals surface area contributed by atoms with E-state index in [0.29, 0.717) is 12.3 Å². The van der Waals surface area contributed by atoms with E-state index in [4.69, 9.17) is 31.2 Å². The van der Waals surface area contributed by atoms with Crippen LogP contribution in [0.5, 0.6) is 0 Å². The molecule has 0 saturated heterocycles. The van der Waals surface area contributed by atoms with E-state index in [0.717, 1.165) is 18.7 Å². The summed E-state index contributed by atoms with van der Waals surface area (Å²) in [6.45, 7) is 2.85. The second kappa shape index (κ2) is 22.9. The van der Waals surface area contributed by atoms with Crippen LogP contribution >= 0.6 is 0 Å². The Kier molecular flexibility index (Phi) is 35.6. The van der Waals surface area contributed by atoms with Crippen molar-refractivity contribution >= 4 is 25.9 Å². The summed E-state index contributed by atoms with van der Waals surface area (Å²) in [6.07, 6.45) is 9.84. The Morgan fingerprint density at radius 2 is 1.17 bits per heavy atom. The molecule has 0 bridgehead atoms. The maximum absolute atomic E-state index is 10.7. The van der Waals surface area contributed by atoms with Crippen molar-refractivity contribution in [2.45, 2.75) is 30.8 Å². The number of halogens is 6. The van der Waals surface area contributed by atoms with Gasteiger partial charge in [0.05, 0.1) is 11.8 Å². The predicted molar refractivity (Wildman–Crippen MR) is 111 cm³/mol. The van der Waals surface area contributed by atoms with Crippen LogP contribution in [0.25, 0.3) is 0 Å². The van der Waals surface area contributed by atoms with Gasteiger partial charge in [0, 0.05) is 13.0 Å². The number of nitriles is 1. The fourth-order valence-electron chi connectivity index (χ4n) is 1.28. The van der Waals surface area contributed by atoms with Gasteiger partial charge in [-0.1, -0.05) is 12.2 Å². The first-order chi connectivity index (χ1) is 12.9. The number of aliphatic imine (C=N–C) groups is 1. The molecule has 0 fully saturated rings. The van der Waals surface area contributed by atoms with E-state index >= 15 is 0 Å². The molecule has 1 aliphatic rings. The second-order valence-corrected chi connectivity index (χ2v) is 7.52. The molecule has 1 rings (SSSR count). The van der Waals surface area contributed by atoms with Crippen molar-refractivity contribution in [1.29, 1.82) is 5.26 Å². The van der Waals surface area contributed by atoms with Gasteiger partial charge >= 0.3 is 30.8 Å². The molecular formula is C13H29F6N7O6OsS2. The van der Waals surface area contributed by atoms with Gasteiger partial charge in [-0.15, -0.1) is 0 Å². The minimum atomic E-state index is -6.09. The van der Waals surface area contributed by atoms with Crippen molar-refractivity contribution in [1.82, 2.24) is 30.8 Å². The Bertz CT molecular complexity index is 815. The molecule has 0 radical (unpaired) electrons. The SMILES string of the molecule is CCN=C1C=CC(CCC#N)C=C1.N.N.N.N.N.O=S(=O)([O-])C(F)(F)F.O=S(=O)([O-])C(F)(F)F.[Os+2]. The van der Waals surface area contributed by atoms with Gasteiger partial charge in [-0.3, -0.25) is 4.99 Å². The average Bonchev–Trinajstić information content (AvgIpc) is 2.52. The Labute approximate surface area is 212 Å². The molecule has 0 aromatic rings. The molecule has 0 spiro atoms. The molecule has 0 aromatic carbocycles. The number of rotatable bonds is 3. The quantitative estimate of drug-likeness (QED) is 0.158. The van der Waals surface area contributed by atoms with Crippen LogP contribution < -0.4 is 30.8 Å². The summed E-state index contributed by atoms with van der Waals surface area (Å²) in [4.78, 5) is 4.28. The maximum Gasteiger partial charge on any atom is 2.00 e. The van der Waals surface area contributed by atoms with Crippen molar-refractivity contribution in [2.75, 3.05) is 6.54 Å². The van der Waals surface area contributed by atoms with Gasteiger partial charge in [0.15, 0.2) is 20.2 Å². The van der Waals surface area contributed by atoms with E-state index in [1.54, 1.807) is 0 Å². The molecule has 0 unspecified atom stereocenters. The summed E-state index contributed by atoms with van der Waals surface area (Å²) < 4.78 is 118. The van der Waals surface area contributed by atoms with Crippen molar-refractivity contribution in [3.8, 4) is 6.07 Å². The van der Waals surface area contributed by atoms with Crippen LogP contribution in [0.3, 0.4) is 0 Å². The van der Waals surface area contributed by atoms with Gasteiger partial charge in [0.1, 0.15) is 0 Å². The van der Waals surface area contributed by atoms with Crippen molar-refractivity contribution in [2.24, 2.45) is 10.9 Å². The fourth-order valence-corrected chi connectivity index (χ4v) is 1.28. The van der Waals surface area contributed by atoms with E-state index in [-0.39, 0.29) is 50.5 Å². The third-order valence-electron chi connectivity index (χ3n) is 2.53. The monoisotopic (exact) mass is 749 g/mol. The van der Waals surface area contributed by atoms with Crippen LogP contribution in [0, 0.1) is 17.2 Å². The Morgan fingerprint density at radius 1 is 0.886 bits per heavy atom. The number of hydrogen-bond acceptors (Lipinski definition) is 13.